The normalized spacial score (nSPS) is 26.3. The summed E-state index contributed by atoms with van der Waals surface area (Å²) in [7, 11) is -5.17. The van der Waals surface area contributed by atoms with Gasteiger partial charge >= 0.3 is 18.0 Å². The van der Waals surface area contributed by atoms with E-state index in [0.29, 0.717) is 38.5 Å². The van der Waals surface area contributed by atoms with E-state index in [-0.39, 0.29) is 29.5 Å². The van der Waals surface area contributed by atoms with Crippen LogP contribution in [0.1, 0.15) is 85.5 Å². The second-order valence-electron chi connectivity index (χ2n) is 15.4. The van der Waals surface area contributed by atoms with Gasteiger partial charge in [-0.3, -0.25) is 4.79 Å². The number of carbonyl (C=O) groups is 1. The van der Waals surface area contributed by atoms with Crippen molar-refractivity contribution in [2.45, 2.75) is 148 Å². The van der Waals surface area contributed by atoms with Crippen LogP contribution in [0.5, 0.6) is 0 Å². The van der Waals surface area contributed by atoms with Crippen molar-refractivity contribution in [1.82, 2.24) is 0 Å². The van der Waals surface area contributed by atoms with Crippen molar-refractivity contribution in [3.8, 4) is 11.8 Å². The predicted octanol–water partition coefficient (Wildman–Crippen LogP) is 9.69. The highest BCUT2D eigenvalue weighted by molar-refractivity contribution is 6.70. The van der Waals surface area contributed by atoms with Gasteiger partial charge < -0.3 is 8.85 Å². The first-order valence-electron chi connectivity index (χ1n) is 14.7. The molecule has 41 heavy (non-hydrogen) atoms. The zero-order valence-corrected chi connectivity index (χ0v) is 28.5. The number of halogens is 6. The van der Waals surface area contributed by atoms with Crippen molar-refractivity contribution in [3.63, 3.8) is 0 Å². The smallest absolute Gasteiger partial charge is 0.413 e. The molecule has 0 bridgehead atoms. The lowest BCUT2D eigenvalue weighted by molar-refractivity contribution is -0.336. The zero-order chi connectivity index (χ0) is 31.9. The Hall–Kier alpha value is -0.836. The van der Waals surface area contributed by atoms with Crippen LogP contribution in [0.15, 0.2) is 0 Å². The summed E-state index contributed by atoms with van der Waals surface area (Å²) in [5.41, 5.74) is -5.99. The van der Waals surface area contributed by atoms with Gasteiger partial charge in [0.25, 0.3) is 0 Å². The van der Waals surface area contributed by atoms with E-state index in [1.807, 2.05) is 20.8 Å². The second kappa shape index (κ2) is 11.9. The van der Waals surface area contributed by atoms with Crippen molar-refractivity contribution in [1.29, 1.82) is 0 Å². The highest BCUT2D eigenvalue weighted by atomic mass is 28.4. The van der Waals surface area contributed by atoms with Crippen LogP contribution in [0.4, 0.5) is 26.3 Å². The summed E-state index contributed by atoms with van der Waals surface area (Å²) in [6.45, 7) is 18.2. The van der Waals surface area contributed by atoms with Gasteiger partial charge in [0.05, 0.1) is 5.60 Å². The van der Waals surface area contributed by atoms with E-state index in [2.05, 4.69) is 32.5 Å². The fourth-order valence-corrected chi connectivity index (χ4v) is 10.5. The Morgan fingerprint density at radius 2 is 1.41 bits per heavy atom. The molecule has 238 valence electrons. The van der Waals surface area contributed by atoms with Crippen LogP contribution < -0.4 is 0 Å². The number of hydrogen-bond acceptors (Lipinski definition) is 3. The molecule has 0 aromatic heterocycles. The van der Waals surface area contributed by atoms with Crippen LogP contribution in [0.25, 0.3) is 0 Å². The maximum absolute atomic E-state index is 14.1. The fourth-order valence-electron chi connectivity index (χ4n) is 7.53. The minimum absolute atomic E-state index is 0.0522. The Morgan fingerprint density at radius 3 is 1.90 bits per heavy atom. The van der Waals surface area contributed by atoms with E-state index < -0.39 is 45.6 Å². The molecule has 0 aromatic carbocycles. The Bertz CT molecular complexity index is 985. The van der Waals surface area contributed by atoms with Crippen LogP contribution in [-0.2, 0) is 13.6 Å². The van der Waals surface area contributed by atoms with Gasteiger partial charge in [0, 0.05) is 18.8 Å². The number of hydrogen-bond donors (Lipinski definition) is 0. The molecule has 2 fully saturated rings. The first-order valence-corrected chi connectivity index (χ1v) is 21.6. The quantitative estimate of drug-likeness (QED) is 0.137. The molecule has 2 rings (SSSR count). The Morgan fingerprint density at radius 1 is 0.878 bits per heavy atom. The first kappa shape index (κ1) is 36.4. The topological polar surface area (TPSA) is 35.5 Å². The number of carbonyl (C=O) groups excluding carboxylic acids is 1. The summed E-state index contributed by atoms with van der Waals surface area (Å²) in [4.78, 5) is 12.8. The summed E-state index contributed by atoms with van der Waals surface area (Å²) in [5, 5.41) is 0. The number of ketones is 1. The maximum atomic E-state index is 14.1. The van der Waals surface area contributed by atoms with Crippen molar-refractivity contribution >= 4 is 22.4 Å². The molecule has 0 amide bonds. The van der Waals surface area contributed by atoms with E-state index in [1.54, 1.807) is 5.92 Å². The van der Waals surface area contributed by atoms with Gasteiger partial charge in [0.2, 0.25) is 0 Å². The van der Waals surface area contributed by atoms with Crippen LogP contribution in [-0.4, -0.2) is 46.0 Å². The molecule has 0 aromatic rings. The predicted molar refractivity (Wildman–Crippen MR) is 155 cm³/mol. The first-order chi connectivity index (χ1) is 18.2. The Balaban J connectivity index is 2.51. The minimum atomic E-state index is -5.76. The molecule has 0 aliphatic heterocycles. The van der Waals surface area contributed by atoms with Crippen molar-refractivity contribution in [2.24, 2.45) is 22.7 Å². The molecule has 2 aliphatic rings. The lowest BCUT2D eigenvalue weighted by Crippen LogP contribution is -2.61. The van der Waals surface area contributed by atoms with Crippen LogP contribution >= 0.6 is 0 Å². The van der Waals surface area contributed by atoms with Gasteiger partial charge in [0.15, 0.2) is 16.6 Å². The van der Waals surface area contributed by atoms with Gasteiger partial charge in [-0.2, -0.15) is 26.3 Å². The molecular formula is C30H50F6O3Si2. The van der Waals surface area contributed by atoms with E-state index in [4.69, 9.17) is 8.85 Å². The highest BCUT2D eigenvalue weighted by Gasteiger charge is 2.73. The molecule has 0 radical (unpaired) electrons. The summed E-state index contributed by atoms with van der Waals surface area (Å²) < 4.78 is 96.0. The molecule has 0 N–H and O–H groups in total. The summed E-state index contributed by atoms with van der Waals surface area (Å²) in [6.07, 6.45) is -6.24. The van der Waals surface area contributed by atoms with Crippen molar-refractivity contribution in [3.05, 3.63) is 0 Å². The molecule has 0 heterocycles. The van der Waals surface area contributed by atoms with Gasteiger partial charge in [-0.05, 0) is 114 Å². The zero-order valence-electron chi connectivity index (χ0n) is 26.5. The number of alkyl halides is 6. The second-order valence-corrected chi connectivity index (χ2v) is 24.2. The third-order valence-corrected chi connectivity index (χ3v) is 10.9. The maximum Gasteiger partial charge on any atom is 0.437 e. The van der Waals surface area contributed by atoms with Gasteiger partial charge in [-0.1, -0.05) is 26.2 Å². The van der Waals surface area contributed by atoms with Crippen LogP contribution in [0.3, 0.4) is 0 Å². The number of Topliss-reactive ketones (excluding diaryl/α,β-unsaturated/α-hetero) is 1. The third kappa shape index (κ3) is 8.63. The van der Waals surface area contributed by atoms with Crippen molar-refractivity contribution < 1.29 is 40.0 Å². The average Bonchev–Trinajstić information content (AvgIpc) is 3.07. The Labute approximate surface area is 245 Å². The fraction of sp³-hybridized carbons (Fsp3) is 0.900. The van der Waals surface area contributed by atoms with Crippen molar-refractivity contribution in [2.75, 3.05) is 0 Å². The Kier molecular flexibility index (Phi) is 10.6. The average molecular weight is 629 g/mol. The molecule has 2 saturated carbocycles. The number of fused-ring (bicyclic) bond motifs is 1. The molecule has 4 atom stereocenters. The van der Waals surface area contributed by atoms with Gasteiger partial charge in [-0.25, -0.2) is 0 Å². The molecule has 0 saturated heterocycles. The summed E-state index contributed by atoms with van der Waals surface area (Å²) in [5.74, 6) is 4.03. The lowest BCUT2D eigenvalue weighted by Gasteiger charge is -2.48. The molecule has 3 nitrogen and oxygen atoms in total. The monoisotopic (exact) mass is 628 g/mol. The van der Waals surface area contributed by atoms with Crippen LogP contribution in [0.2, 0.25) is 39.3 Å². The molecule has 0 spiro atoms. The third-order valence-electron chi connectivity index (χ3n) is 8.83. The van der Waals surface area contributed by atoms with E-state index in [9.17, 15) is 31.1 Å². The van der Waals surface area contributed by atoms with Crippen LogP contribution in [0, 0.1) is 34.5 Å². The molecular weight excluding hydrogens is 578 g/mol. The highest BCUT2D eigenvalue weighted by Crippen LogP contribution is 2.61. The molecule has 2 aliphatic carbocycles. The number of rotatable bonds is 10. The van der Waals surface area contributed by atoms with E-state index >= 15 is 0 Å². The van der Waals surface area contributed by atoms with E-state index in [0.717, 1.165) is 12.8 Å². The van der Waals surface area contributed by atoms with Gasteiger partial charge in [0.1, 0.15) is 5.78 Å². The van der Waals surface area contributed by atoms with Gasteiger partial charge in [-0.15, -0.1) is 0 Å². The molecule has 0 unspecified atom stereocenters. The largest absolute Gasteiger partial charge is 0.437 e. The lowest BCUT2D eigenvalue weighted by atomic mass is 9.56. The molecule has 11 heteroatoms. The van der Waals surface area contributed by atoms with E-state index in [1.165, 1.54) is 19.6 Å². The minimum Gasteiger partial charge on any atom is -0.413 e. The standard InChI is InChI=1S/C30H50F6O3Si2/c1-25(2,38-40(5,6)7)17-12-18-26(3,24-16-15-22-23(37)14-11-20-27(22,24)4)19-13-21-28(29(31,32)33,30(34,35)36)39-41(8,9)10/h22,24H,11-12,14-20H2,1-10H3/t22-,24+,26-,27-/m0/s1. The summed E-state index contributed by atoms with van der Waals surface area (Å²) in [6, 6.07) is 0. The summed E-state index contributed by atoms with van der Waals surface area (Å²) >= 11 is 0. The SMILES string of the molecule is CC(C)(CCC[C@@](C)(CC#CC(O[Si](C)(C)C)(C(F)(F)F)C(F)(F)F)[C@H]1CC[C@H]2C(=O)CCC[C@]12C)O[Si](C)(C)C.